The molecule has 0 bridgehead atoms. The normalized spacial score (nSPS) is 16.1. The fraction of sp³-hybridized carbons (Fsp3) is 0.207. The van der Waals surface area contributed by atoms with Gasteiger partial charge in [-0.2, -0.15) is 8.61 Å². The van der Waals surface area contributed by atoms with Gasteiger partial charge in [0.25, 0.3) is 0 Å². The third-order valence-corrected chi connectivity index (χ3v) is 12.4. The molecule has 0 spiro atoms. The van der Waals surface area contributed by atoms with Gasteiger partial charge >= 0.3 is 0 Å². The van der Waals surface area contributed by atoms with Gasteiger partial charge in [-0.25, -0.2) is 16.8 Å². The van der Waals surface area contributed by atoms with Gasteiger partial charge in [0.1, 0.15) is 0 Å². The van der Waals surface area contributed by atoms with Crippen molar-refractivity contribution in [1.82, 2.24) is 8.61 Å². The first-order valence-electron chi connectivity index (χ1n) is 12.4. The van der Waals surface area contributed by atoms with Gasteiger partial charge in [0.15, 0.2) is 5.78 Å². The highest BCUT2D eigenvalue weighted by molar-refractivity contribution is 7.89. The van der Waals surface area contributed by atoms with Crippen molar-refractivity contribution in [2.24, 2.45) is 0 Å². The van der Waals surface area contributed by atoms with E-state index in [1.165, 1.54) is 19.9 Å². The molecule has 4 aromatic rings. The Bertz CT molecular complexity index is 1650. The molecule has 0 aliphatic carbocycles. The van der Waals surface area contributed by atoms with E-state index in [2.05, 4.69) is 6.58 Å². The van der Waals surface area contributed by atoms with E-state index in [4.69, 9.17) is 0 Å². The van der Waals surface area contributed by atoms with Crippen LogP contribution in [-0.4, -0.2) is 44.3 Å². The first kappa shape index (κ1) is 28.6. The summed E-state index contributed by atoms with van der Waals surface area (Å²) in [4.78, 5) is 14.4. The van der Waals surface area contributed by atoms with Crippen molar-refractivity contribution >= 4 is 54.1 Å². The van der Waals surface area contributed by atoms with Crippen LogP contribution >= 0.6 is 22.7 Å². The number of hydrogen-bond acceptors (Lipinski definition) is 7. The number of ketones is 1. The molecule has 2 aliphatic rings. The minimum atomic E-state index is -3.62. The zero-order chi connectivity index (χ0) is 28.7. The predicted molar refractivity (Wildman–Crippen MR) is 160 cm³/mol. The number of carbonyl (C=O) groups is 1. The summed E-state index contributed by atoms with van der Waals surface area (Å²) in [5.74, 6) is -0.128. The minimum Gasteiger partial charge on any atom is -0.292 e. The quantitative estimate of drug-likeness (QED) is 0.294. The van der Waals surface area contributed by atoms with Crippen LogP contribution in [0, 0.1) is 13.8 Å². The molecule has 2 aromatic carbocycles. The van der Waals surface area contributed by atoms with Crippen molar-refractivity contribution < 1.29 is 21.6 Å². The van der Waals surface area contributed by atoms with Crippen LogP contribution in [0.5, 0.6) is 0 Å². The summed E-state index contributed by atoms with van der Waals surface area (Å²) in [7, 11) is -7.07. The zero-order valence-corrected chi connectivity index (χ0v) is 25.3. The van der Waals surface area contributed by atoms with E-state index in [0.717, 1.165) is 32.7 Å². The van der Waals surface area contributed by atoms with E-state index in [1.54, 1.807) is 47.7 Å². The second-order valence-electron chi connectivity index (χ2n) is 9.75. The first-order valence-corrected chi connectivity index (χ1v) is 17.1. The van der Waals surface area contributed by atoms with Crippen LogP contribution in [0.1, 0.15) is 36.8 Å². The molecular formula is C29H28N2O5S4. The van der Waals surface area contributed by atoms with E-state index in [-0.39, 0.29) is 23.8 Å². The van der Waals surface area contributed by atoms with Crippen molar-refractivity contribution in [3.63, 3.8) is 0 Å². The summed E-state index contributed by atoms with van der Waals surface area (Å²) in [6.07, 6.45) is 0. The Labute approximate surface area is 243 Å². The highest BCUT2D eigenvalue weighted by Gasteiger charge is 2.33. The van der Waals surface area contributed by atoms with Gasteiger partial charge in [-0.1, -0.05) is 42.0 Å². The van der Waals surface area contributed by atoms with Crippen LogP contribution in [0.15, 0.2) is 87.8 Å². The molecule has 4 heterocycles. The van der Waals surface area contributed by atoms with Crippen LogP contribution in [0.25, 0.3) is 5.57 Å². The number of nitrogens with zero attached hydrogens (tertiary/aromatic N) is 2. The average Bonchev–Trinajstić information content (AvgIpc) is 3.60. The van der Waals surface area contributed by atoms with Gasteiger partial charge < -0.3 is 0 Å². The maximum Gasteiger partial charge on any atom is 0.243 e. The van der Waals surface area contributed by atoms with Crippen molar-refractivity contribution in [1.29, 1.82) is 0 Å². The van der Waals surface area contributed by atoms with Gasteiger partial charge in [0.05, 0.1) is 21.2 Å². The molecule has 0 unspecified atom stereocenters. The van der Waals surface area contributed by atoms with Crippen molar-refractivity contribution in [3.8, 4) is 0 Å². The van der Waals surface area contributed by atoms with Gasteiger partial charge in [-0.15, -0.1) is 22.7 Å². The summed E-state index contributed by atoms with van der Waals surface area (Å²) < 4.78 is 53.2. The summed E-state index contributed by atoms with van der Waals surface area (Å²) >= 11 is 3.00. The van der Waals surface area contributed by atoms with E-state index in [0.29, 0.717) is 22.9 Å². The maximum absolute atomic E-state index is 12.7. The van der Waals surface area contributed by atoms with Crippen molar-refractivity contribution in [2.45, 2.75) is 36.7 Å². The molecule has 6 rings (SSSR count). The molecule has 0 fully saturated rings. The Kier molecular flexibility index (Phi) is 7.97. The highest BCUT2D eigenvalue weighted by Crippen LogP contribution is 2.34. The number of rotatable bonds is 4. The molecule has 0 amide bonds. The van der Waals surface area contributed by atoms with E-state index < -0.39 is 20.0 Å². The second-order valence-corrected chi connectivity index (χ2v) is 15.5. The Morgan fingerprint density at radius 3 is 1.55 bits per heavy atom. The summed E-state index contributed by atoms with van der Waals surface area (Å²) in [5.41, 5.74) is 4.76. The molecule has 2 aliphatic heterocycles. The number of benzene rings is 2. The Hall–Kier alpha value is -2.93. The van der Waals surface area contributed by atoms with Gasteiger partial charge in [-0.3, -0.25) is 4.79 Å². The largest absolute Gasteiger partial charge is 0.292 e. The predicted octanol–water partition coefficient (Wildman–Crippen LogP) is 5.72. The number of sulfonamides is 2. The molecule has 7 nitrogen and oxygen atoms in total. The lowest BCUT2D eigenvalue weighted by Crippen LogP contribution is -2.38. The zero-order valence-electron chi connectivity index (χ0n) is 22.0. The Morgan fingerprint density at radius 2 is 1.05 bits per heavy atom. The van der Waals surface area contributed by atoms with Gasteiger partial charge in [-0.05, 0) is 77.7 Å². The highest BCUT2D eigenvalue weighted by atomic mass is 32.2. The van der Waals surface area contributed by atoms with Gasteiger partial charge in [0.2, 0.25) is 20.0 Å². The molecule has 0 atom stereocenters. The van der Waals surface area contributed by atoms with E-state index in [9.17, 15) is 21.6 Å². The smallest absolute Gasteiger partial charge is 0.243 e. The lowest BCUT2D eigenvalue weighted by Gasteiger charge is -2.27. The molecule has 40 heavy (non-hydrogen) atoms. The van der Waals surface area contributed by atoms with Crippen LogP contribution in [-0.2, 0) is 33.1 Å². The summed E-state index contributed by atoms with van der Waals surface area (Å²) in [5, 5.41) is 3.81. The third kappa shape index (κ3) is 5.63. The first-order chi connectivity index (χ1) is 19.0. The molecule has 2 aromatic heterocycles. The van der Waals surface area contributed by atoms with Crippen molar-refractivity contribution in [2.75, 3.05) is 13.1 Å². The van der Waals surface area contributed by atoms with Crippen LogP contribution in [0.3, 0.4) is 0 Å². The topological polar surface area (TPSA) is 91.8 Å². The molecule has 11 heteroatoms. The summed E-state index contributed by atoms with van der Waals surface area (Å²) in [6.45, 7) is 8.82. The van der Waals surface area contributed by atoms with E-state index >= 15 is 0 Å². The SMILES string of the molecule is C=C1CN(S(=O)(=O)c2ccc(C)cc2)Cc2ccsc21.Cc1ccc(S(=O)(=O)N2CC(=O)c3sccc3C2)cc1. The minimum absolute atomic E-state index is 0.0796. The van der Waals surface area contributed by atoms with Crippen LogP contribution in [0.2, 0.25) is 0 Å². The maximum atomic E-state index is 12.7. The molecule has 208 valence electrons. The Balaban J connectivity index is 0.000000161. The second kappa shape index (κ2) is 11.2. The molecule has 0 saturated heterocycles. The van der Waals surface area contributed by atoms with E-state index in [1.807, 2.05) is 48.9 Å². The number of hydrogen-bond donors (Lipinski definition) is 0. The number of carbonyl (C=O) groups excluding carboxylic acids is 1. The average molecular weight is 613 g/mol. The fourth-order valence-electron chi connectivity index (χ4n) is 4.54. The summed E-state index contributed by atoms with van der Waals surface area (Å²) in [6, 6.07) is 17.4. The van der Waals surface area contributed by atoms with Gasteiger partial charge in [0, 0.05) is 24.5 Å². The molecule has 0 radical (unpaired) electrons. The lowest BCUT2D eigenvalue weighted by atomic mass is 10.1. The molecule has 0 saturated carbocycles. The van der Waals surface area contributed by atoms with Crippen molar-refractivity contribution in [3.05, 3.63) is 110 Å². The fourth-order valence-corrected chi connectivity index (χ4v) is 9.06. The molecule has 0 N–H and O–H groups in total. The Morgan fingerprint density at radius 1 is 0.625 bits per heavy atom. The number of thiophene rings is 2. The monoisotopic (exact) mass is 612 g/mol. The standard InChI is InChI=1S/C15H15NO2S2.C14H13NO3S2/c1-11-3-5-14(6-4-11)20(17,18)16-9-12(2)15-13(10-16)7-8-19-15;1-10-2-4-12(5-3-10)20(17,18)15-8-11-6-7-19-14(11)13(16)9-15/h3-8H,2,9-10H2,1H3;2-7H,8-9H2,1H3. The number of aryl methyl sites for hydroxylation is 2. The third-order valence-electron chi connectivity index (χ3n) is 6.77. The number of Topliss-reactive ketones (excluding diaryl/α,β-unsaturated/α-hetero) is 1. The molecular weight excluding hydrogens is 585 g/mol. The van der Waals surface area contributed by atoms with Crippen LogP contribution in [0.4, 0.5) is 0 Å². The number of fused-ring (bicyclic) bond motifs is 2. The lowest BCUT2D eigenvalue weighted by molar-refractivity contribution is 0.0954. The van der Waals surface area contributed by atoms with Crippen LogP contribution < -0.4 is 0 Å².